The Morgan fingerprint density at radius 2 is 2.12 bits per heavy atom. The van der Waals surface area contributed by atoms with E-state index in [0.29, 0.717) is 43.6 Å². The van der Waals surface area contributed by atoms with Gasteiger partial charge in [-0.05, 0) is 12.0 Å². The first kappa shape index (κ1) is 20.0. The van der Waals surface area contributed by atoms with E-state index in [1.165, 1.54) is 0 Å². The van der Waals surface area contributed by atoms with Gasteiger partial charge in [0.2, 0.25) is 11.8 Å². The number of carbonyl (C=O) groups is 2. The van der Waals surface area contributed by atoms with E-state index in [9.17, 15) is 9.59 Å². The number of rotatable bonds is 8. The van der Waals surface area contributed by atoms with Crippen molar-refractivity contribution in [3.05, 3.63) is 23.8 Å². The molecule has 144 valence electrons. The summed E-state index contributed by atoms with van der Waals surface area (Å²) in [6.07, 6.45) is 0.144. The number of ether oxygens (including phenoxy) is 2. The van der Waals surface area contributed by atoms with Crippen molar-refractivity contribution >= 4 is 11.8 Å². The number of piperazine rings is 1. The Bertz CT molecular complexity index is 633. The summed E-state index contributed by atoms with van der Waals surface area (Å²) >= 11 is 0. The van der Waals surface area contributed by atoms with Crippen LogP contribution in [-0.4, -0.2) is 56.6 Å². The van der Waals surface area contributed by atoms with Gasteiger partial charge in [-0.2, -0.15) is 0 Å². The monoisotopic (exact) mass is 363 g/mol. The number of amides is 2. The van der Waals surface area contributed by atoms with Gasteiger partial charge in [0.25, 0.3) is 0 Å². The van der Waals surface area contributed by atoms with Crippen LogP contribution in [0.25, 0.3) is 0 Å². The van der Waals surface area contributed by atoms with Crippen LogP contribution in [0.5, 0.6) is 11.5 Å². The molecule has 1 heterocycles. The second-order valence-corrected chi connectivity index (χ2v) is 6.83. The molecule has 0 bridgehead atoms. The van der Waals surface area contributed by atoms with Crippen LogP contribution in [0, 0.1) is 5.92 Å². The maximum Gasteiger partial charge on any atom is 0.237 e. The van der Waals surface area contributed by atoms with Gasteiger partial charge in [0.1, 0.15) is 0 Å². The molecule has 2 amide bonds. The van der Waals surface area contributed by atoms with E-state index in [0.717, 1.165) is 5.56 Å². The molecule has 7 heteroatoms. The van der Waals surface area contributed by atoms with E-state index in [-0.39, 0.29) is 18.2 Å². The third-order valence-corrected chi connectivity index (χ3v) is 4.39. The summed E-state index contributed by atoms with van der Waals surface area (Å²) in [5.74, 6) is 1.46. The summed E-state index contributed by atoms with van der Waals surface area (Å²) in [5, 5.41) is 5.74. The van der Waals surface area contributed by atoms with Crippen molar-refractivity contribution in [2.24, 2.45) is 5.92 Å². The van der Waals surface area contributed by atoms with Gasteiger partial charge >= 0.3 is 0 Å². The van der Waals surface area contributed by atoms with Crippen LogP contribution in [0.4, 0.5) is 0 Å². The van der Waals surface area contributed by atoms with E-state index < -0.39 is 6.04 Å². The van der Waals surface area contributed by atoms with E-state index in [1.807, 2.05) is 36.9 Å². The fraction of sp³-hybridized carbons (Fsp3) is 0.579. The molecule has 0 aliphatic carbocycles. The zero-order valence-corrected chi connectivity index (χ0v) is 16.0. The zero-order valence-electron chi connectivity index (χ0n) is 16.0. The number of benzene rings is 1. The van der Waals surface area contributed by atoms with E-state index >= 15 is 0 Å². The molecule has 2 N–H and O–H groups in total. The van der Waals surface area contributed by atoms with Gasteiger partial charge < -0.3 is 20.1 Å². The Morgan fingerprint density at radius 1 is 1.35 bits per heavy atom. The lowest BCUT2D eigenvalue weighted by Crippen LogP contribution is -2.56. The molecule has 0 radical (unpaired) electrons. The number of nitrogens with zero attached hydrogens (tertiary/aromatic N) is 1. The lowest BCUT2D eigenvalue weighted by molar-refractivity contribution is -0.134. The first-order valence-electron chi connectivity index (χ1n) is 8.94. The molecule has 0 aromatic heterocycles. The van der Waals surface area contributed by atoms with Gasteiger partial charge in [-0.3, -0.25) is 14.5 Å². The minimum absolute atomic E-state index is 0.108. The number of nitrogens with one attached hydrogen (secondary N) is 2. The third-order valence-electron chi connectivity index (χ3n) is 4.39. The van der Waals surface area contributed by atoms with Gasteiger partial charge in [0.05, 0.1) is 26.7 Å². The molecule has 1 aromatic carbocycles. The van der Waals surface area contributed by atoms with Crippen molar-refractivity contribution in [2.75, 3.05) is 33.9 Å². The molecule has 1 fully saturated rings. The highest BCUT2D eigenvalue weighted by Crippen LogP contribution is 2.32. The maximum absolute atomic E-state index is 12.4. The highest BCUT2D eigenvalue weighted by atomic mass is 16.5. The predicted molar refractivity (Wildman–Crippen MR) is 99.2 cm³/mol. The van der Waals surface area contributed by atoms with Crippen LogP contribution in [0.1, 0.15) is 25.8 Å². The summed E-state index contributed by atoms with van der Waals surface area (Å²) in [5.41, 5.74) is 0.925. The lowest BCUT2D eigenvalue weighted by atomic mass is 10.1. The van der Waals surface area contributed by atoms with Crippen molar-refractivity contribution in [1.82, 2.24) is 15.5 Å². The maximum atomic E-state index is 12.4. The topological polar surface area (TPSA) is 79.9 Å². The molecule has 7 nitrogen and oxygen atoms in total. The van der Waals surface area contributed by atoms with Crippen LogP contribution in [-0.2, 0) is 16.1 Å². The van der Waals surface area contributed by atoms with E-state index in [1.54, 1.807) is 14.2 Å². The number of hydrogen-bond donors (Lipinski definition) is 2. The van der Waals surface area contributed by atoms with Crippen molar-refractivity contribution in [1.29, 1.82) is 0 Å². The molecule has 0 unspecified atom stereocenters. The zero-order chi connectivity index (χ0) is 19.1. The molecule has 1 aliphatic rings. The largest absolute Gasteiger partial charge is 0.493 e. The fourth-order valence-electron chi connectivity index (χ4n) is 3.04. The Kier molecular flexibility index (Phi) is 7.26. The van der Waals surface area contributed by atoms with Gasteiger partial charge in [-0.15, -0.1) is 0 Å². The molecule has 1 aliphatic heterocycles. The second kappa shape index (κ2) is 9.43. The number of methoxy groups -OCH3 is 2. The van der Waals surface area contributed by atoms with E-state index in [4.69, 9.17) is 9.47 Å². The molecular formula is C19H29N3O4. The number of hydrogen-bond acceptors (Lipinski definition) is 5. The van der Waals surface area contributed by atoms with Crippen LogP contribution in [0.15, 0.2) is 18.2 Å². The molecule has 0 spiro atoms. The standard InChI is InChI=1S/C19H29N3O4/c1-13(2)11-21-17(23)10-15-19(24)20-8-9-22(15)12-14-6-5-7-16(25-3)18(14)26-4/h5-7,13,15H,8-12H2,1-4H3,(H,20,24)(H,21,23)/t15-/m1/s1. The predicted octanol–water partition coefficient (Wildman–Crippen LogP) is 1.17. The summed E-state index contributed by atoms with van der Waals surface area (Å²) in [6.45, 7) is 6.43. The summed E-state index contributed by atoms with van der Waals surface area (Å²) in [7, 11) is 3.19. The Morgan fingerprint density at radius 3 is 2.77 bits per heavy atom. The normalized spacial score (nSPS) is 17.7. The van der Waals surface area contributed by atoms with Gasteiger partial charge in [-0.1, -0.05) is 26.0 Å². The quantitative estimate of drug-likeness (QED) is 0.725. The van der Waals surface area contributed by atoms with Crippen LogP contribution in [0.2, 0.25) is 0 Å². The van der Waals surface area contributed by atoms with Gasteiger partial charge in [-0.25, -0.2) is 0 Å². The van der Waals surface area contributed by atoms with Crippen molar-refractivity contribution in [3.8, 4) is 11.5 Å². The average molecular weight is 363 g/mol. The fourth-order valence-corrected chi connectivity index (χ4v) is 3.04. The summed E-state index contributed by atoms with van der Waals surface area (Å²) in [6, 6.07) is 5.18. The molecule has 26 heavy (non-hydrogen) atoms. The second-order valence-electron chi connectivity index (χ2n) is 6.83. The minimum Gasteiger partial charge on any atom is -0.493 e. The minimum atomic E-state index is -0.494. The molecule has 1 aromatic rings. The number of para-hydroxylation sites is 1. The smallest absolute Gasteiger partial charge is 0.237 e. The highest BCUT2D eigenvalue weighted by Gasteiger charge is 2.32. The average Bonchev–Trinajstić information content (AvgIpc) is 2.62. The van der Waals surface area contributed by atoms with Crippen molar-refractivity contribution in [3.63, 3.8) is 0 Å². The summed E-state index contributed by atoms with van der Waals surface area (Å²) < 4.78 is 10.8. The molecular weight excluding hydrogens is 334 g/mol. The highest BCUT2D eigenvalue weighted by molar-refractivity contribution is 5.88. The summed E-state index contributed by atoms with van der Waals surface area (Å²) in [4.78, 5) is 26.6. The van der Waals surface area contributed by atoms with Gasteiger partial charge in [0, 0.05) is 31.7 Å². The molecule has 2 rings (SSSR count). The van der Waals surface area contributed by atoms with E-state index in [2.05, 4.69) is 10.6 Å². The number of carbonyl (C=O) groups excluding carboxylic acids is 2. The SMILES string of the molecule is COc1cccc(CN2CCNC(=O)[C@H]2CC(=O)NCC(C)C)c1OC. The lowest BCUT2D eigenvalue weighted by Gasteiger charge is -2.35. The molecule has 0 saturated carbocycles. The van der Waals surface area contributed by atoms with Crippen LogP contribution >= 0.6 is 0 Å². The molecule has 1 saturated heterocycles. The Balaban J connectivity index is 2.13. The first-order valence-corrected chi connectivity index (χ1v) is 8.94. The third kappa shape index (κ3) is 5.11. The van der Waals surface area contributed by atoms with Gasteiger partial charge in [0.15, 0.2) is 11.5 Å². The molecule has 1 atom stereocenters. The Hall–Kier alpha value is -2.28. The van der Waals surface area contributed by atoms with Crippen LogP contribution in [0.3, 0.4) is 0 Å². The first-order chi connectivity index (χ1) is 12.5. The van der Waals surface area contributed by atoms with Crippen LogP contribution < -0.4 is 20.1 Å². The Labute approximate surface area is 155 Å². The van der Waals surface area contributed by atoms with Crippen molar-refractivity contribution < 1.29 is 19.1 Å². The van der Waals surface area contributed by atoms with Crippen molar-refractivity contribution in [2.45, 2.75) is 32.9 Å².